The van der Waals surface area contributed by atoms with Gasteiger partial charge in [-0.05, 0) is 73.0 Å². The molecule has 2 N–H and O–H groups in total. The van der Waals surface area contributed by atoms with Gasteiger partial charge in [0.05, 0.1) is 11.8 Å². The second-order valence-electron chi connectivity index (χ2n) is 8.98. The van der Waals surface area contributed by atoms with Crippen molar-refractivity contribution in [1.82, 2.24) is 4.98 Å². The number of carboxylic acid groups (broad SMARTS) is 2. The lowest BCUT2D eigenvalue weighted by Crippen LogP contribution is -2.07. The van der Waals surface area contributed by atoms with Gasteiger partial charge in [0.2, 0.25) is 5.89 Å². The van der Waals surface area contributed by atoms with Gasteiger partial charge in [0.25, 0.3) is 0 Å². The Morgan fingerprint density at radius 3 is 1.97 bits per heavy atom. The van der Waals surface area contributed by atoms with E-state index in [2.05, 4.69) is 4.98 Å². The number of oxazole rings is 1. The number of hydrogen-bond acceptors (Lipinski definition) is 4. The van der Waals surface area contributed by atoms with Crippen LogP contribution in [0.2, 0.25) is 5.02 Å². The standard InChI is InChI=1S/C16H12ClNO3.C15H13FO2/c1-9(16(19)20)11-4-7-14-13(8-11)18-15(21-14)10-2-5-12(17)6-3-10;1-10(15(17)18)12-7-8-13(14(16)9-12)11-5-3-2-4-6-11/h2-9H,1H3,(H,19,20);2-10H,1H3,(H,17,18). The first-order chi connectivity index (χ1) is 18.6. The van der Waals surface area contributed by atoms with E-state index in [0.717, 1.165) is 11.1 Å². The van der Waals surface area contributed by atoms with Crippen LogP contribution in [0.5, 0.6) is 0 Å². The van der Waals surface area contributed by atoms with E-state index in [4.69, 9.17) is 26.2 Å². The summed E-state index contributed by atoms with van der Waals surface area (Å²) in [5.74, 6) is -3.01. The van der Waals surface area contributed by atoms with E-state index in [1.54, 1.807) is 56.3 Å². The van der Waals surface area contributed by atoms with Crippen molar-refractivity contribution in [3.05, 3.63) is 113 Å². The van der Waals surface area contributed by atoms with Gasteiger partial charge >= 0.3 is 11.9 Å². The van der Waals surface area contributed by atoms with E-state index >= 15 is 0 Å². The summed E-state index contributed by atoms with van der Waals surface area (Å²) in [4.78, 5) is 26.3. The third-order valence-corrected chi connectivity index (χ3v) is 6.57. The van der Waals surface area contributed by atoms with E-state index in [1.807, 2.05) is 42.5 Å². The van der Waals surface area contributed by atoms with Crippen LogP contribution >= 0.6 is 11.6 Å². The summed E-state index contributed by atoms with van der Waals surface area (Å²) in [7, 11) is 0. The number of hydrogen-bond donors (Lipinski definition) is 2. The van der Waals surface area contributed by atoms with Crippen molar-refractivity contribution in [3.8, 4) is 22.6 Å². The normalized spacial score (nSPS) is 12.3. The number of carbonyl (C=O) groups is 2. The fourth-order valence-corrected chi connectivity index (χ4v) is 3.99. The summed E-state index contributed by atoms with van der Waals surface area (Å²) in [6.07, 6.45) is 0. The van der Waals surface area contributed by atoms with Crippen LogP contribution in [-0.4, -0.2) is 27.1 Å². The Kier molecular flexibility index (Phi) is 8.42. The predicted octanol–water partition coefficient (Wildman–Crippen LogP) is 8.02. The molecule has 0 aliphatic carbocycles. The molecular weight excluding hydrogens is 521 g/mol. The van der Waals surface area contributed by atoms with Crippen LogP contribution < -0.4 is 0 Å². The molecule has 2 unspecified atom stereocenters. The molecular formula is C31H25ClFNO5. The average molecular weight is 546 g/mol. The van der Waals surface area contributed by atoms with E-state index in [-0.39, 0.29) is 0 Å². The number of nitrogens with zero attached hydrogens (tertiary/aromatic N) is 1. The maximum atomic E-state index is 14.0. The minimum atomic E-state index is -0.957. The molecule has 0 spiro atoms. The van der Waals surface area contributed by atoms with E-state index in [9.17, 15) is 14.0 Å². The number of halogens is 2. The second kappa shape index (κ2) is 11.9. The maximum Gasteiger partial charge on any atom is 0.310 e. The number of benzene rings is 4. The second-order valence-corrected chi connectivity index (χ2v) is 9.41. The molecule has 2 atom stereocenters. The van der Waals surface area contributed by atoms with Crippen molar-refractivity contribution >= 4 is 34.6 Å². The summed E-state index contributed by atoms with van der Waals surface area (Å²) in [5, 5.41) is 18.6. The molecule has 0 saturated heterocycles. The first kappa shape index (κ1) is 27.5. The van der Waals surface area contributed by atoms with Crippen molar-refractivity contribution in [2.75, 3.05) is 0 Å². The van der Waals surface area contributed by atoms with Gasteiger partial charge in [0, 0.05) is 16.1 Å². The molecule has 1 heterocycles. The van der Waals surface area contributed by atoms with E-state index in [1.165, 1.54) is 6.07 Å². The van der Waals surface area contributed by atoms with Crippen molar-refractivity contribution in [1.29, 1.82) is 0 Å². The van der Waals surface area contributed by atoms with Gasteiger partial charge in [0.15, 0.2) is 5.58 Å². The van der Waals surface area contributed by atoms with Crippen molar-refractivity contribution in [2.24, 2.45) is 0 Å². The van der Waals surface area contributed by atoms with Gasteiger partial charge < -0.3 is 14.6 Å². The van der Waals surface area contributed by atoms with Gasteiger partial charge in [-0.25, -0.2) is 9.37 Å². The Morgan fingerprint density at radius 1 is 0.795 bits per heavy atom. The van der Waals surface area contributed by atoms with Gasteiger partial charge in [-0.1, -0.05) is 60.1 Å². The van der Waals surface area contributed by atoms with Gasteiger partial charge in [0.1, 0.15) is 11.3 Å². The van der Waals surface area contributed by atoms with Crippen molar-refractivity contribution < 1.29 is 28.6 Å². The zero-order valence-electron chi connectivity index (χ0n) is 21.1. The Bertz CT molecular complexity index is 1620. The molecule has 0 aliphatic heterocycles. The lowest BCUT2D eigenvalue weighted by atomic mass is 9.97. The summed E-state index contributed by atoms with van der Waals surface area (Å²) in [5.41, 5.74) is 4.53. The average Bonchev–Trinajstić information content (AvgIpc) is 3.36. The lowest BCUT2D eigenvalue weighted by Gasteiger charge is -2.09. The highest BCUT2D eigenvalue weighted by Crippen LogP contribution is 2.28. The minimum absolute atomic E-state index is 0.396. The number of carboxylic acids is 2. The lowest BCUT2D eigenvalue weighted by molar-refractivity contribution is -0.139. The highest BCUT2D eigenvalue weighted by atomic mass is 35.5. The first-order valence-corrected chi connectivity index (χ1v) is 12.5. The number of fused-ring (bicyclic) bond motifs is 1. The molecule has 5 rings (SSSR count). The van der Waals surface area contributed by atoms with Gasteiger partial charge in [-0.2, -0.15) is 0 Å². The molecule has 0 fully saturated rings. The summed E-state index contributed by atoms with van der Waals surface area (Å²) in [6, 6.07) is 26.2. The molecule has 0 saturated carbocycles. The number of rotatable bonds is 6. The smallest absolute Gasteiger partial charge is 0.310 e. The van der Waals surface area contributed by atoms with Crippen LogP contribution in [0.4, 0.5) is 4.39 Å². The topological polar surface area (TPSA) is 101 Å². The highest BCUT2D eigenvalue weighted by Gasteiger charge is 2.17. The molecule has 6 nitrogen and oxygen atoms in total. The van der Waals surface area contributed by atoms with Crippen LogP contribution in [0.25, 0.3) is 33.7 Å². The zero-order valence-corrected chi connectivity index (χ0v) is 21.9. The summed E-state index contributed by atoms with van der Waals surface area (Å²) < 4.78 is 19.7. The molecule has 8 heteroatoms. The molecule has 5 aromatic rings. The van der Waals surface area contributed by atoms with Crippen molar-refractivity contribution in [3.63, 3.8) is 0 Å². The first-order valence-electron chi connectivity index (χ1n) is 12.1. The molecule has 198 valence electrons. The summed E-state index contributed by atoms with van der Waals surface area (Å²) >= 11 is 5.86. The van der Waals surface area contributed by atoms with Crippen LogP contribution in [0.1, 0.15) is 36.8 Å². The minimum Gasteiger partial charge on any atom is -0.481 e. The van der Waals surface area contributed by atoms with E-state index in [0.29, 0.717) is 38.7 Å². The molecule has 0 bridgehead atoms. The molecule has 4 aromatic carbocycles. The molecule has 0 amide bonds. The quantitative estimate of drug-likeness (QED) is 0.224. The summed E-state index contributed by atoms with van der Waals surface area (Å²) in [6.45, 7) is 3.18. The zero-order chi connectivity index (χ0) is 28.1. The van der Waals surface area contributed by atoms with Crippen LogP contribution in [0.3, 0.4) is 0 Å². The Labute approximate surface area is 229 Å². The fraction of sp³-hybridized carbons (Fsp3) is 0.129. The molecule has 39 heavy (non-hydrogen) atoms. The Hall–Kier alpha value is -4.49. The molecule has 1 aromatic heterocycles. The van der Waals surface area contributed by atoms with Gasteiger partial charge in [-0.15, -0.1) is 0 Å². The van der Waals surface area contributed by atoms with Crippen molar-refractivity contribution in [2.45, 2.75) is 25.7 Å². The Morgan fingerprint density at radius 2 is 1.38 bits per heavy atom. The maximum absolute atomic E-state index is 14.0. The largest absolute Gasteiger partial charge is 0.481 e. The SMILES string of the molecule is CC(C(=O)O)c1ccc(-c2ccccc2)c(F)c1.CC(C(=O)O)c1ccc2oc(-c3ccc(Cl)cc3)nc2c1. The molecule has 0 aliphatic rings. The number of aliphatic carboxylic acids is 2. The third kappa shape index (κ3) is 6.51. The monoisotopic (exact) mass is 545 g/mol. The number of aromatic nitrogens is 1. The highest BCUT2D eigenvalue weighted by molar-refractivity contribution is 6.30. The van der Waals surface area contributed by atoms with Crippen LogP contribution in [0, 0.1) is 5.82 Å². The Balaban J connectivity index is 0.000000183. The van der Waals surface area contributed by atoms with E-state index < -0.39 is 29.6 Å². The predicted molar refractivity (Wildman–Crippen MR) is 148 cm³/mol. The molecule has 0 radical (unpaired) electrons. The fourth-order valence-electron chi connectivity index (χ4n) is 3.87. The van der Waals surface area contributed by atoms with Crippen LogP contribution in [-0.2, 0) is 9.59 Å². The van der Waals surface area contributed by atoms with Gasteiger partial charge in [-0.3, -0.25) is 9.59 Å². The third-order valence-electron chi connectivity index (χ3n) is 6.32. The van der Waals surface area contributed by atoms with Crippen LogP contribution in [0.15, 0.2) is 95.4 Å².